The maximum atomic E-state index is 13.0. The van der Waals surface area contributed by atoms with Crippen LogP contribution in [0.3, 0.4) is 0 Å². The van der Waals surface area contributed by atoms with Crippen molar-refractivity contribution >= 4 is 26.6 Å². The molecule has 3 fully saturated rings. The lowest BCUT2D eigenvalue weighted by Crippen LogP contribution is -2.69. The molecule has 1 unspecified atom stereocenters. The molecule has 8 nitrogen and oxygen atoms in total. The topological polar surface area (TPSA) is 91.9 Å². The summed E-state index contributed by atoms with van der Waals surface area (Å²) in [5.41, 5.74) is 1.33. The normalized spacial score (nSPS) is 25.5. The molecule has 9 heteroatoms. The third-order valence-corrected chi connectivity index (χ3v) is 9.55. The number of benzene rings is 1. The fourth-order valence-electron chi connectivity index (χ4n) is 5.09. The molecule has 3 saturated heterocycles. The number of nitrogens with one attached hydrogen (secondary N) is 1. The van der Waals surface area contributed by atoms with E-state index in [9.17, 15) is 13.2 Å². The number of morpholine rings is 1. The second kappa shape index (κ2) is 7.25. The number of sulfone groups is 1. The van der Waals surface area contributed by atoms with Crippen molar-refractivity contribution in [2.75, 3.05) is 58.8 Å². The molecular weight excluding hydrogens is 406 g/mol. The number of hydrogen-bond acceptors (Lipinski definition) is 6. The Bertz CT molecular complexity index is 1070. The average Bonchev–Trinajstić information content (AvgIpc) is 3.25. The van der Waals surface area contributed by atoms with E-state index in [1.54, 1.807) is 18.1 Å². The molecule has 4 heterocycles. The second-order valence-corrected chi connectivity index (χ2v) is 11.0. The van der Waals surface area contributed by atoms with E-state index >= 15 is 0 Å². The van der Waals surface area contributed by atoms with Gasteiger partial charge in [-0.15, -0.1) is 0 Å². The lowest BCUT2D eigenvalue weighted by atomic mass is 9.82. The number of carbonyl (C=O) groups is 1. The van der Waals surface area contributed by atoms with Gasteiger partial charge in [-0.3, -0.25) is 9.69 Å². The van der Waals surface area contributed by atoms with E-state index in [4.69, 9.17) is 9.47 Å². The van der Waals surface area contributed by atoms with Crippen molar-refractivity contribution in [1.29, 1.82) is 0 Å². The maximum absolute atomic E-state index is 13.0. The van der Waals surface area contributed by atoms with Crippen LogP contribution in [0.5, 0.6) is 5.75 Å². The highest BCUT2D eigenvalue weighted by molar-refractivity contribution is 7.93. The molecule has 162 valence electrons. The summed E-state index contributed by atoms with van der Waals surface area (Å²) in [6, 6.07) is 7.40. The van der Waals surface area contributed by atoms with Crippen LogP contribution in [0.4, 0.5) is 0 Å². The summed E-state index contributed by atoms with van der Waals surface area (Å²) < 4.78 is 35.7. The first-order valence-corrected chi connectivity index (χ1v) is 12.1. The molecule has 1 aromatic heterocycles. The largest absolute Gasteiger partial charge is 0.497 e. The van der Waals surface area contributed by atoms with E-state index in [1.807, 2.05) is 18.2 Å². The van der Waals surface area contributed by atoms with E-state index in [-0.39, 0.29) is 30.7 Å². The number of fused-ring (bicyclic) bond motifs is 1. The quantitative estimate of drug-likeness (QED) is 0.778. The highest BCUT2D eigenvalue weighted by Gasteiger charge is 2.62. The Morgan fingerprint density at radius 1 is 1.27 bits per heavy atom. The standard InChI is InChI=1S/C21H27N3O5S/c1-28-17-2-3-18-15(10-17)11-19(22-18)20(25)24-13-21(14-24)16(4-9-30(21,26)27)12-23-5-7-29-8-6-23/h2-3,10-11,16,22H,4-9,12-14H2,1H3. The summed E-state index contributed by atoms with van der Waals surface area (Å²) in [5.74, 6) is 0.863. The third kappa shape index (κ3) is 3.11. The fraction of sp³-hybridized carbons (Fsp3) is 0.571. The van der Waals surface area contributed by atoms with Gasteiger partial charge >= 0.3 is 0 Å². The molecule has 0 saturated carbocycles. The second-order valence-electron chi connectivity index (χ2n) is 8.58. The van der Waals surface area contributed by atoms with Gasteiger partial charge in [0.05, 0.1) is 26.1 Å². The summed E-state index contributed by atoms with van der Waals surface area (Å²) in [6.07, 6.45) is 0.675. The van der Waals surface area contributed by atoms with Gasteiger partial charge in [0.25, 0.3) is 5.91 Å². The van der Waals surface area contributed by atoms with Gasteiger partial charge in [0, 0.05) is 43.6 Å². The molecule has 1 aromatic carbocycles. The zero-order valence-corrected chi connectivity index (χ0v) is 17.9. The van der Waals surface area contributed by atoms with Crippen molar-refractivity contribution in [2.45, 2.75) is 11.2 Å². The molecule has 3 aliphatic rings. The van der Waals surface area contributed by atoms with Gasteiger partial charge < -0.3 is 19.4 Å². The Hall–Kier alpha value is -2.10. The minimum atomic E-state index is -3.21. The van der Waals surface area contributed by atoms with Crippen molar-refractivity contribution in [3.8, 4) is 5.75 Å². The van der Waals surface area contributed by atoms with Crippen molar-refractivity contribution in [3.05, 3.63) is 30.0 Å². The van der Waals surface area contributed by atoms with Crippen LogP contribution in [-0.4, -0.2) is 92.7 Å². The first-order valence-electron chi connectivity index (χ1n) is 10.4. The van der Waals surface area contributed by atoms with Gasteiger partial charge in [0.1, 0.15) is 16.2 Å². The number of methoxy groups -OCH3 is 1. The maximum Gasteiger partial charge on any atom is 0.270 e. The van der Waals surface area contributed by atoms with Gasteiger partial charge in [0.15, 0.2) is 9.84 Å². The molecule has 2 aromatic rings. The van der Waals surface area contributed by atoms with Gasteiger partial charge in [0.2, 0.25) is 0 Å². The minimum Gasteiger partial charge on any atom is -0.497 e. The smallest absolute Gasteiger partial charge is 0.270 e. The molecule has 0 bridgehead atoms. The number of ether oxygens (including phenoxy) is 2. The molecule has 0 aliphatic carbocycles. The molecule has 0 radical (unpaired) electrons. The number of rotatable bonds is 4. The van der Waals surface area contributed by atoms with Crippen LogP contribution in [0.25, 0.3) is 10.9 Å². The van der Waals surface area contributed by atoms with Crippen molar-refractivity contribution in [2.24, 2.45) is 5.92 Å². The summed E-state index contributed by atoms with van der Waals surface area (Å²) in [7, 11) is -1.60. The Labute approximate surface area is 176 Å². The van der Waals surface area contributed by atoms with Crippen LogP contribution >= 0.6 is 0 Å². The van der Waals surface area contributed by atoms with Gasteiger partial charge in [-0.2, -0.15) is 0 Å². The first kappa shape index (κ1) is 19.8. The summed E-state index contributed by atoms with van der Waals surface area (Å²) in [5, 5.41) is 0.895. The van der Waals surface area contributed by atoms with Crippen LogP contribution in [0, 0.1) is 5.92 Å². The number of likely N-dealkylation sites (tertiary alicyclic amines) is 1. The van der Waals surface area contributed by atoms with E-state index < -0.39 is 14.6 Å². The Balaban J connectivity index is 1.33. The molecule has 1 atom stereocenters. The van der Waals surface area contributed by atoms with Crippen LogP contribution < -0.4 is 4.74 Å². The Morgan fingerprint density at radius 2 is 2.03 bits per heavy atom. The summed E-state index contributed by atoms with van der Waals surface area (Å²) in [4.78, 5) is 20.2. The fourth-order valence-corrected chi connectivity index (χ4v) is 7.50. The number of hydrogen-bond donors (Lipinski definition) is 1. The van der Waals surface area contributed by atoms with Crippen LogP contribution in [-0.2, 0) is 14.6 Å². The highest BCUT2D eigenvalue weighted by atomic mass is 32.2. The van der Waals surface area contributed by atoms with Gasteiger partial charge in [-0.05, 0) is 36.6 Å². The monoisotopic (exact) mass is 433 g/mol. The SMILES string of the molecule is COc1ccc2[nH]c(C(=O)N3CC4(C3)C(CN3CCOCC3)CCS4(=O)=O)cc2c1. The van der Waals surface area contributed by atoms with Crippen molar-refractivity contribution in [1.82, 2.24) is 14.8 Å². The zero-order chi connectivity index (χ0) is 20.9. The predicted octanol–water partition coefficient (Wildman–Crippen LogP) is 1.14. The lowest BCUT2D eigenvalue weighted by Gasteiger charge is -2.50. The molecule has 1 spiro atoms. The first-order chi connectivity index (χ1) is 14.4. The Kier molecular flexibility index (Phi) is 4.79. The van der Waals surface area contributed by atoms with Gasteiger partial charge in [-0.1, -0.05) is 0 Å². The number of aromatic nitrogens is 1. The van der Waals surface area contributed by atoms with Crippen LogP contribution in [0.15, 0.2) is 24.3 Å². The molecule has 5 rings (SSSR count). The van der Waals surface area contributed by atoms with E-state index in [0.29, 0.717) is 25.3 Å². The van der Waals surface area contributed by atoms with E-state index in [1.165, 1.54) is 0 Å². The number of nitrogens with zero attached hydrogens (tertiary/aromatic N) is 2. The van der Waals surface area contributed by atoms with E-state index in [2.05, 4.69) is 9.88 Å². The number of H-pyrrole nitrogens is 1. The average molecular weight is 434 g/mol. The third-order valence-electron chi connectivity index (χ3n) is 6.94. The number of amides is 1. The summed E-state index contributed by atoms with van der Waals surface area (Å²) >= 11 is 0. The predicted molar refractivity (Wildman–Crippen MR) is 113 cm³/mol. The Morgan fingerprint density at radius 3 is 2.77 bits per heavy atom. The molecule has 1 N–H and O–H groups in total. The lowest BCUT2D eigenvalue weighted by molar-refractivity contribution is 0.0139. The van der Waals surface area contributed by atoms with Crippen molar-refractivity contribution in [3.63, 3.8) is 0 Å². The van der Waals surface area contributed by atoms with Gasteiger partial charge in [-0.25, -0.2) is 8.42 Å². The van der Waals surface area contributed by atoms with E-state index in [0.717, 1.165) is 36.3 Å². The van der Waals surface area contributed by atoms with Crippen LogP contribution in [0.1, 0.15) is 16.9 Å². The minimum absolute atomic E-state index is 0.0663. The number of aromatic amines is 1. The molecule has 3 aliphatic heterocycles. The number of carbonyl (C=O) groups excluding carboxylic acids is 1. The molecular formula is C21H27N3O5S. The zero-order valence-electron chi connectivity index (χ0n) is 17.1. The highest BCUT2D eigenvalue weighted by Crippen LogP contribution is 2.45. The van der Waals surface area contributed by atoms with Crippen LogP contribution in [0.2, 0.25) is 0 Å². The molecule has 30 heavy (non-hydrogen) atoms. The van der Waals surface area contributed by atoms with Crippen molar-refractivity contribution < 1.29 is 22.7 Å². The molecule has 1 amide bonds. The summed E-state index contributed by atoms with van der Waals surface area (Å²) in [6.45, 7) is 4.40.